The normalized spacial score (nSPS) is 10.8. The van der Waals surface area contributed by atoms with E-state index in [-0.39, 0.29) is 0 Å². The third kappa shape index (κ3) is 3.71. The van der Waals surface area contributed by atoms with Crippen molar-refractivity contribution < 1.29 is 0 Å². The SMILES string of the molecule is C=CCn1c(SCc2cccc(Cl)c2)nnc1-c1ccccc1C. The van der Waals surface area contributed by atoms with E-state index < -0.39 is 0 Å². The largest absolute Gasteiger partial charge is 0.298 e. The molecule has 0 N–H and O–H groups in total. The van der Waals surface area contributed by atoms with Crippen molar-refractivity contribution in [3.05, 3.63) is 77.3 Å². The summed E-state index contributed by atoms with van der Waals surface area (Å²) in [4.78, 5) is 0. The van der Waals surface area contributed by atoms with Gasteiger partial charge in [0.1, 0.15) is 0 Å². The highest BCUT2D eigenvalue weighted by atomic mass is 35.5. The highest BCUT2D eigenvalue weighted by Crippen LogP contribution is 2.28. The molecule has 0 saturated carbocycles. The zero-order valence-electron chi connectivity index (χ0n) is 13.4. The van der Waals surface area contributed by atoms with Crippen LogP contribution in [-0.4, -0.2) is 14.8 Å². The molecule has 0 saturated heterocycles. The van der Waals surface area contributed by atoms with E-state index in [1.54, 1.807) is 11.8 Å². The molecule has 3 rings (SSSR count). The number of thioether (sulfide) groups is 1. The van der Waals surface area contributed by atoms with Crippen LogP contribution in [0.5, 0.6) is 0 Å². The molecule has 5 heteroatoms. The van der Waals surface area contributed by atoms with Gasteiger partial charge in [0.15, 0.2) is 11.0 Å². The van der Waals surface area contributed by atoms with Gasteiger partial charge in [0, 0.05) is 22.9 Å². The molecule has 0 amide bonds. The molecule has 1 aromatic heterocycles. The number of aryl methyl sites for hydroxylation is 1. The van der Waals surface area contributed by atoms with Gasteiger partial charge in [-0.25, -0.2) is 0 Å². The van der Waals surface area contributed by atoms with Gasteiger partial charge in [0.2, 0.25) is 0 Å². The number of nitrogens with zero attached hydrogens (tertiary/aromatic N) is 3. The standard InChI is InChI=1S/C19H18ClN3S/c1-3-11-23-18(17-10-5-4-7-14(17)2)21-22-19(23)24-13-15-8-6-9-16(20)12-15/h3-10,12H,1,11,13H2,2H3. The van der Waals surface area contributed by atoms with Crippen LogP contribution in [0.3, 0.4) is 0 Å². The predicted octanol–water partition coefficient (Wildman–Crippen LogP) is 5.39. The van der Waals surface area contributed by atoms with Crippen LogP contribution in [0, 0.1) is 6.92 Å². The molecule has 3 aromatic rings. The van der Waals surface area contributed by atoms with Gasteiger partial charge in [0.25, 0.3) is 0 Å². The first kappa shape index (κ1) is 16.8. The van der Waals surface area contributed by atoms with Gasteiger partial charge in [-0.3, -0.25) is 4.57 Å². The Morgan fingerprint density at radius 2 is 2.00 bits per heavy atom. The Morgan fingerprint density at radius 3 is 2.75 bits per heavy atom. The second-order valence-corrected chi connectivity index (χ2v) is 6.82. The molecule has 2 aromatic carbocycles. The van der Waals surface area contributed by atoms with Crippen molar-refractivity contribution in [3.63, 3.8) is 0 Å². The molecule has 24 heavy (non-hydrogen) atoms. The summed E-state index contributed by atoms with van der Waals surface area (Å²) in [5.41, 5.74) is 3.45. The predicted molar refractivity (Wildman–Crippen MR) is 101 cm³/mol. The summed E-state index contributed by atoms with van der Waals surface area (Å²) in [6, 6.07) is 16.1. The molecule has 0 aliphatic rings. The average molecular weight is 356 g/mol. The maximum atomic E-state index is 6.05. The summed E-state index contributed by atoms with van der Waals surface area (Å²) in [5.74, 6) is 1.67. The summed E-state index contributed by atoms with van der Waals surface area (Å²) in [7, 11) is 0. The second kappa shape index (κ2) is 7.69. The van der Waals surface area contributed by atoms with E-state index in [0.717, 1.165) is 32.9 Å². The first-order chi connectivity index (χ1) is 11.7. The summed E-state index contributed by atoms with van der Waals surface area (Å²) >= 11 is 7.71. The molecular weight excluding hydrogens is 338 g/mol. The number of allylic oxidation sites excluding steroid dienone is 1. The summed E-state index contributed by atoms with van der Waals surface area (Å²) < 4.78 is 2.10. The maximum absolute atomic E-state index is 6.05. The van der Waals surface area contributed by atoms with Gasteiger partial charge < -0.3 is 0 Å². The minimum absolute atomic E-state index is 0.675. The van der Waals surface area contributed by atoms with Gasteiger partial charge in [-0.1, -0.05) is 65.8 Å². The zero-order valence-corrected chi connectivity index (χ0v) is 15.0. The van der Waals surface area contributed by atoms with E-state index in [1.807, 2.05) is 36.4 Å². The molecular formula is C19H18ClN3S. The first-order valence-corrected chi connectivity index (χ1v) is 9.02. The molecule has 122 valence electrons. The van der Waals surface area contributed by atoms with Crippen LogP contribution in [0.4, 0.5) is 0 Å². The van der Waals surface area contributed by atoms with Gasteiger partial charge in [-0.05, 0) is 30.2 Å². The van der Waals surface area contributed by atoms with Gasteiger partial charge >= 0.3 is 0 Å². The number of benzene rings is 2. The summed E-state index contributed by atoms with van der Waals surface area (Å²) in [5, 5.41) is 10.4. The van der Waals surface area contributed by atoms with Crippen LogP contribution in [-0.2, 0) is 12.3 Å². The summed E-state index contributed by atoms with van der Waals surface area (Å²) in [6.07, 6.45) is 1.87. The third-order valence-electron chi connectivity index (χ3n) is 3.67. The maximum Gasteiger partial charge on any atom is 0.192 e. The Morgan fingerprint density at radius 1 is 1.17 bits per heavy atom. The average Bonchev–Trinajstić information content (AvgIpc) is 2.97. The lowest BCUT2D eigenvalue weighted by atomic mass is 10.1. The third-order valence-corrected chi connectivity index (χ3v) is 4.94. The van der Waals surface area contributed by atoms with Crippen LogP contribution in [0.1, 0.15) is 11.1 Å². The van der Waals surface area contributed by atoms with Crippen molar-refractivity contribution >= 4 is 23.4 Å². The number of rotatable bonds is 6. The summed E-state index contributed by atoms with van der Waals surface area (Å²) in [6.45, 7) is 6.62. The van der Waals surface area contributed by atoms with Crippen molar-refractivity contribution in [3.8, 4) is 11.4 Å². The van der Waals surface area contributed by atoms with Crippen molar-refractivity contribution in [2.75, 3.05) is 0 Å². The van der Waals surface area contributed by atoms with E-state index in [4.69, 9.17) is 11.6 Å². The lowest BCUT2D eigenvalue weighted by molar-refractivity contribution is 0.731. The molecule has 1 heterocycles. The van der Waals surface area contributed by atoms with Gasteiger partial charge in [-0.15, -0.1) is 16.8 Å². The van der Waals surface area contributed by atoms with Crippen LogP contribution in [0.2, 0.25) is 5.02 Å². The number of hydrogen-bond acceptors (Lipinski definition) is 3. The lowest BCUT2D eigenvalue weighted by Gasteiger charge is -2.09. The van der Waals surface area contributed by atoms with E-state index in [2.05, 4.69) is 46.5 Å². The van der Waals surface area contributed by atoms with Gasteiger partial charge in [0.05, 0.1) is 0 Å². The smallest absolute Gasteiger partial charge is 0.192 e. The fourth-order valence-corrected chi connectivity index (χ4v) is 3.59. The topological polar surface area (TPSA) is 30.7 Å². The Bertz CT molecular complexity index is 857. The minimum Gasteiger partial charge on any atom is -0.298 e. The number of halogens is 1. The highest BCUT2D eigenvalue weighted by Gasteiger charge is 2.15. The van der Waals surface area contributed by atoms with Crippen LogP contribution >= 0.6 is 23.4 Å². The molecule has 0 radical (unpaired) electrons. The molecule has 0 aliphatic carbocycles. The fraction of sp³-hybridized carbons (Fsp3) is 0.158. The van der Waals surface area contributed by atoms with E-state index in [9.17, 15) is 0 Å². The number of aromatic nitrogens is 3. The molecule has 0 fully saturated rings. The lowest BCUT2D eigenvalue weighted by Crippen LogP contribution is -2.01. The minimum atomic E-state index is 0.675. The quantitative estimate of drug-likeness (QED) is 0.439. The van der Waals surface area contributed by atoms with Crippen LogP contribution in [0.15, 0.2) is 66.3 Å². The van der Waals surface area contributed by atoms with E-state index in [1.165, 1.54) is 5.56 Å². The number of hydrogen-bond donors (Lipinski definition) is 0. The van der Waals surface area contributed by atoms with Crippen molar-refractivity contribution in [1.29, 1.82) is 0 Å². The van der Waals surface area contributed by atoms with E-state index in [0.29, 0.717) is 6.54 Å². The van der Waals surface area contributed by atoms with Crippen molar-refractivity contribution in [2.24, 2.45) is 0 Å². The Kier molecular flexibility index (Phi) is 5.38. The Balaban J connectivity index is 1.89. The molecule has 0 spiro atoms. The van der Waals surface area contributed by atoms with E-state index >= 15 is 0 Å². The molecule has 0 aliphatic heterocycles. The molecule has 0 unspecified atom stereocenters. The molecule has 3 nitrogen and oxygen atoms in total. The zero-order chi connectivity index (χ0) is 16.9. The van der Waals surface area contributed by atoms with Crippen molar-refractivity contribution in [2.45, 2.75) is 24.4 Å². The Hall–Kier alpha value is -2.04. The second-order valence-electron chi connectivity index (χ2n) is 5.44. The first-order valence-electron chi connectivity index (χ1n) is 7.66. The van der Waals surface area contributed by atoms with Crippen LogP contribution < -0.4 is 0 Å². The van der Waals surface area contributed by atoms with Crippen molar-refractivity contribution in [1.82, 2.24) is 14.8 Å². The molecule has 0 bridgehead atoms. The highest BCUT2D eigenvalue weighted by molar-refractivity contribution is 7.98. The molecule has 0 atom stereocenters. The van der Waals surface area contributed by atoms with Gasteiger partial charge in [-0.2, -0.15) is 0 Å². The Labute approximate surface area is 151 Å². The fourth-order valence-electron chi connectivity index (χ4n) is 2.49. The monoisotopic (exact) mass is 355 g/mol. The van der Waals surface area contributed by atoms with Crippen LogP contribution in [0.25, 0.3) is 11.4 Å².